The average molecular weight is 418 g/mol. The first kappa shape index (κ1) is 15.6. The maximum Gasteiger partial charge on any atom is 0.358 e. The molecule has 2 N–H and O–H groups in total. The van der Waals surface area contributed by atoms with Crippen LogP contribution in [0.2, 0.25) is 0 Å². The third kappa shape index (κ3) is 4.11. The van der Waals surface area contributed by atoms with E-state index < -0.39 is 5.97 Å². The number of aromatic nitrogens is 3. The van der Waals surface area contributed by atoms with E-state index >= 15 is 0 Å². The van der Waals surface area contributed by atoms with Crippen molar-refractivity contribution in [1.82, 2.24) is 20.3 Å². The Morgan fingerprint density at radius 2 is 2.10 bits per heavy atom. The predicted octanol–water partition coefficient (Wildman–Crippen LogP) is 1.93. The van der Waals surface area contributed by atoms with E-state index in [1.165, 1.54) is 10.9 Å². The fourth-order valence-corrected chi connectivity index (χ4v) is 2.79. The SMILES string of the molecule is O=C(O)c1cn(CCNC(=O)c2ccc(Br)cc2Br)nn1. The number of carbonyl (C=O) groups is 2. The molecule has 0 unspecified atom stereocenters. The van der Waals surface area contributed by atoms with Gasteiger partial charge in [0.05, 0.1) is 18.3 Å². The molecule has 1 aromatic heterocycles. The summed E-state index contributed by atoms with van der Waals surface area (Å²) >= 11 is 6.63. The quantitative estimate of drug-likeness (QED) is 0.774. The minimum Gasteiger partial charge on any atom is -0.476 e. The number of benzene rings is 1. The number of hydrogen-bond donors (Lipinski definition) is 2. The number of halogens is 2. The minimum absolute atomic E-state index is 0.128. The van der Waals surface area contributed by atoms with Crippen LogP contribution in [-0.2, 0) is 6.54 Å². The topological polar surface area (TPSA) is 97.1 Å². The highest BCUT2D eigenvalue weighted by Gasteiger charge is 2.11. The van der Waals surface area contributed by atoms with Gasteiger partial charge >= 0.3 is 5.97 Å². The van der Waals surface area contributed by atoms with Gasteiger partial charge in [-0.05, 0) is 34.1 Å². The summed E-state index contributed by atoms with van der Waals surface area (Å²) in [5.74, 6) is -1.36. The normalized spacial score (nSPS) is 10.4. The lowest BCUT2D eigenvalue weighted by atomic mass is 10.2. The van der Waals surface area contributed by atoms with E-state index in [0.29, 0.717) is 23.1 Å². The minimum atomic E-state index is -1.14. The largest absolute Gasteiger partial charge is 0.476 e. The lowest BCUT2D eigenvalue weighted by Gasteiger charge is -2.07. The van der Waals surface area contributed by atoms with Gasteiger partial charge in [-0.15, -0.1) is 5.10 Å². The highest BCUT2D eigenvalue weighted by molar-refractivity contribution is 9.11. The number of rotatable bonds is 5. The van der Waals surface area contributed by atoms with Gasteiger partial charge in [0.2, 0.25) is 0 Å². The van der Waals surface area contributed by atoms with Gasteiger partial charge < -0.3 is 10.4 Å². The van der Waals surface area contributed by atoms with Crippen LogP contribution in [0.5, 0.6) is 0 Å². The molecule has 7 nitrogen and oxygen atoms in total. The van der Waals surface area contributed by atoms with Gasteiger partial charge in [0.25, 0.3) is 5.91 Å². The molecular weight excluding hydrogens is 408 g/mol. The van der Waals surface area contributed by atoms with Crippen LogP contribution in [0.1, 0.15) is 20.8 Å². The first-order valence-electron chi connectivity index (χ1n) is 5.84. The third-order valence-corrected chi connectivity index (χ3v) is 3.71. The second kappa shape index (κ2) is 6.81. The molecule has 0 spiro atoms. The Morgan fingerprint density at radius 1 is 1.33 bits per heavy atom. The number of amides is 1. The van der Waals surface area contributed by atoms with Crippen molar-refractivity contribution in [3.8, 4) is 0 Å². The van der Waals surface area contributed by atoms with Gasteiger partial charge in [0.1, 0.15) is 0 Å². The molecule has 0 aliphatic carbocycles. The van der Waals surface area contributed by atoms with E-state index in [1.54, 1.807) is 18.2 Å². The molecule has 0 saturated heterocycles. The molecule has 0 bridgehead atoms. The zero-order valence-electron chi connectivity index (χ0n) is 10.6. The van der Waals surface area contributed by atoms with Crippen molar-refractivity contribution in [3.05, 3.63) is 44.6 Å². The van der Waals surface area contributed by atoms with Gasteiger partial charge in [-0.25, -0.2) is 9.48 Å². The van der Waals surface area contributed by atoms with Crippen LogP contribution in [0.15, 0.2) is 33.3 Å². The van der Waals surface area contributed by atoms with Crippen LogP contribution in [0.3, 0.4) is 0 Å². The standard InChI is InChI=1S/C12H10Br2N4O3/c13-7-1-2-8(9(14)5-7)11(19)15-3-4-18-6-10(12(20)21)16-17-18/h1-2,5-6H,3-4H2,(H,15,19)(H,20,21). The van der Waals surface area contributed by atoms with Crippen molar-refractivity contribution in [2.75, 3.05) is 6.54 Å². The summed E-state index contributed by atoms with van der Waals surface area (Å²) in [5, 5.41) is 18.6. The van der Waals surface area contributed by atoms with Gasteiger partial charge in [-0.1, -0.05) is 21.1 Å². The summed E-state index contributed by atoms with van der Waals surface area (Å²) in [4.78, 5) is 22.6. The zero-order chi connectivity index (χ0) is 15.4. The Balaban J connectivity index is 1.90. The summed E-state index contributed by atoms with van der Waals surface area (Å²) in [6, 6.07) is 5.25. The molecular formula is C12H10Br2N4O3. The molecule has 0 aliphatic rings. The highest BCUT2D eigenvalue weighted by Crippen LogP contribution is 2.21. The first-order valence-corrected chi connectivity index (χ1v) is 7.42. The summed E-state index contributed by atoms with van der Waals surface area (Å²) < 4.78 is 2.92. The maximum atomic E-state index is 12.0. The molecule has 9 heteroatoms. The molecule has 1 heterocycles. The molecule has 0 saturated carbocycles. The van der Waals surface area contributed by atoms with E-state index in [0.717, 1.165) is 4.47 Å². The summed E-state index contributed by atoms with van der Waals surface area (Å²) in [7, 11) is 0. The average Bonchev–Trinajstić information content (AvgIpc) is 2.87. The lowest BCUT2D eigenvalue weighted by Crippen LogP contribution is -2.27. The number of carbonyl (C=O) groups excluding carboxylic acids is 1. The molecule has 0 atom stereocenters. The predicted molar refractivity (Wildman–Crippen MR) is 81.2 cm³/mol. The smallest absolute Gasteiger partial charge is 0.358 e. The van der Waals surface area contributed by atoms with Crippen LogP contribution < -0.4 is 5.32 Å². The number of nitrogens with zero attached hydrogens (tertiary/aromatic N) is 3. The van der Waals surface area contributed by atoms with Crippen LogP contribution in [0.4, 0.5) is 0 Å². The Labute approximate surface area is 136 Å². The number of aromatic carboxylic acids is 1. The molecule has 0 aliphatic heterocycles. The summed E-state index contributed by atoms with van der Waals surface area (Å²) in [5.41, 5.74) is 0.389. The second-order valence-corrected chi connectivity index (χ2v) is 5.82. The van der Waals surface area contributed by atoms with E-state index in [4.69, 9.17) is 5.11 Å². The lowest BCUT2D eigenvalue weighted by molar-refractivity contribution is 0.0690. The number of nitrogens with one attached hydrogen (secondary N) is 1. The summed E-state index contributed by atoms with van der Waals surface area (Å²) in [6.07, 6.45) is 1.31. The van der Waals surface area contributed by atoms with Crippen LogP contribution in [0, 0.1) is 0 Å². The zero-order valence-corrected chi connectivity index (χ0v) is 13.8. The molecule has 0 radical (unpaired) electrons. The Kier molecular flexibility index (Phi) is 5.07. The van der Waals surface area contributed by atoms with Crippen molar-refractivity contribution in [1.29, 1.82) is 0 Å². The molecule has 110 valence electrons. The van der Waals surface area contributed by atoms with E-state index in [1.807, 2.05) is 0 Å². The van der Waals surface area contributed by atoms with E-state index in [2.05, 4.69) is 47.5 Å². The van der Waals surface area contributed by atoms with Gasteiger partial charge in [0, 0.05) is 15.5 Å². The van der Waals surface area contributed by atoms with E-state index in [9.17, 15) is 9.59 Å². The Bertz CT molecular complexity index is 687. The van der Waals surface area contributed by atoms with Crippen molar-refractivity contribution < 1.29 is 14.7 Å². The van der Waals surface area contributed by atoms with Crippen LogP contribution in [-0.4, -0.2) is 38.5 Å². The molecule has 1 aromatic carbocycles. The molecule has 21 heavy (non-hydrogen) atoms. The number of carboxylic acid groups (broad SMARTS) is 1. The number of hydrogen-bond acceptors (Lipinski definition) is 4. The van der Waals surface area contributed by atoms with Crippen molar-refractivity contribution in [2.24, 2.45) is 0 Å². The first-order chi connectivity index (χ1) is 9.97. The molecule has 1 amide bonds. The van der Waals surface area contributed by atoms with Crippen molar-refractivity contribution in [3.63, 3.8) is 0 Å². The van der Waals surface area contributed by atoms with E-state index in [-0.39, 0.29) is 11.6 Å². The Morgan fingerprint density at radius 3 is 2.71 bits per heavy atom. The maximum absolute atomic E-state index is 12.0. The highest BCUT2D eigenvalue weighted by atomic mass is 79.9. The van der Waals surface area contributed by atoms with Gasteiger partial charge in [-0.3, -0.25) is 4.79 Å². The van der Waals surface area contributed by atoms with Crippen molar-refractivity contribution >= 4 is 43.7 Å². The monoisotopic (exact) mass is 416 g/mol. The number of carboxylic acids is 1. The molecule has 2 aromatic rings. The van der Waals surface area contributed by atoms with Crippen LogP contribution >= 0.6 is 31.9 Å². The third-order valence-electron chi connectivity index (χ3n) is 2.56. The Hall–Kier alpha value is -1.74. The van der Waals surface area contributed by atoms with Crippen LogP contribution in [0.25, 0.3) is 0 Å². The van der Waals surface area contributed by atoms with Gasteiger partial charge in [-0.2, -0.15) is 0 Å². The molecule has 0 fully saturated rings. The summed E-state index contributed by atoms with van der Waals surface area (Å²) in [6.45, 7) is 0.643. The van der Waals surface area contributed by atoms with Gasteiger partial charge in [0.15, 0.2) is 5.69 Å². The fourth-order valence-electron chi connectivity index (χ4n) is 1.56. The fraction of sp³-hybridized carbons (Fsp3) is 0.167. The molecule has 2 rings (SSSR count). The second-order valence-electron chi connectivity index (χ2n) is 4.05. The van der Waals surface area contributed by atoms with Crippen molar-refractivity contribution in [2.45, 2.75) is 6.54 Å².